The Morgan fingerprint density at radius 2 is 1.86 bits per heavy atom. The van der Waals surface area contributed by atoms with Crippen LogP contribution < -0.4 is 10.9 Å². The lowest BCUT2D eigenvalue weighted by Crippen LogP contribution is -2.20. The standard InChI is InChI=1S/C16H13N3O2/c1-11(20)17-14-8-5-9-15-18-13(10-16(21)19(14)15)12-6-3-2-4-7-12/h2-10H,1H3,(H,17,20). The minimum Gasteiger partial charge on any atom is -0.312 e. The summed E-state index contributed by atoms with van der Waals surface area (Å²) in [7, 11) is 0. The number of carbonyl (C=O) groups is 1. The number of nitrogens with zero attached hydrogens (tertiary/aromatic N) is 2. The molecule has 104 valence electrons. The molecule has 5 nitrogen and oxygen atoms in total. The molecule has 3 aromatic rings. The Morgan fingerprint density at radius 3 is 2.57 bits per heavy atom. The van der Waals surface area contributed by atoms with Gasteiger partial charge in [-0.15, -0.1) is 0 Å². The summed E-state index contributed by atoms with van der Waals surface area (Å²) < 4.78 is 1.38. The number of hydrogen-bond donors (Lipinski definition) is 1. The predicted molar refractivity (Wildman–Crippen MR) is 81.2 cm³/mol. The second-order valence-corrected chi connectivity index (χ2v) is 4.63. The molecule has 2 aromatic heterocycles. The van der Waals surface area contributed by atoms with Crippen molar-refractivity contribution in [2.45, 2.75) is 6.92 Å². The highest BCUT2D eigenvalue weighted by Gasteiger charge is 2.08. The summed E-state index contributed by atoms with van der Waals surface area (Å²) in [6.45, 7) is 1.40. The molecule has 0 aliphatic carbocycles. The van der Waals surface area contributed by atoms with Gasteiger partial charge in [0.25, 0.3) is 5.56 Å². The van der Waals surface area contributed by atoms with Gasteiger partial charge < -0.3 is 5.32 Å². The highest BCUT2D eigenvalue weighted by atomic mass is 16.1. The number of nitrogens with one attached hydrogen (secondary N) is 1. The smallest absolute Gasteiger partial charge is 0.260 e. The van der Waals surface area contributed by atoms with Crippen LogP contribution in [0.3, 0.4) is 0 Å². The summed E-state index contributed by atoms with van der Waals surface area (Å²) in [5, 5.41) is 2.63. The van der Waals surface area contributed by atoms with E-state index in [4.69, 9.17) is 0 Å². The number of anilines is 1. The van der Waals surface area contributed by atoms with Gasteiger partial charge in [0.05, 0.1) is 5.69 Å². The van der Waals surface area contributed by atoms with Gasteiger partial charge in [-0.3, -0.25) is 9.59 Å². The van der Waals surface area contributed by atoms with E-state index in [9.17, 15) is 9.59 Å². The van der Waals surface area contributed by atoms with Gasteiger partial charge in [-0.05, 0) is 12.1 Å². The minimum absolute atomic E-state index is 0.233. The summed E-state index contributed by atoms with van der Waals surface area (Å²) in [6, 6.07) is 16.1. The van der Waals surface area contributed by atoms with Crippen LogP contribution in [0.4, 0.5) is 5.82 Å². The molecule has 0 aliphatic rings. The maximum absolute atomic E-state index is 12.3. The molecular weight excluding hydrogens is 266 g/mol. The van der Waals surface area contributed by atoms with Crippen molar-refractivity contribution in [1.82, 2.24) is 9.38 Å². The molecule has 1 N–H and O–H groups in total. The van der Waals surface area contributed by atoms with E-state index in [1.807, 2.05) is 30.3 Å². The maximum atomic E-state index is 12.3. The van der Waals surface area contributed by atoms with E-state index in [-0.39, 0.29) is 11.5 Å². The summed E-state index contributed by atoms with van der Waals surface area (Å²) in [6.07, 6.45) is 0. The molecule has 5 heteroatoms. The van der Waals surface area contributed by atoms with E-state index in [2.05, 4.69) is 10.3 Å². The lowest BCUT2D eigenvalue weighted by molar-refractivity contribution is -0.114. The van der Waals surface area contributed by atoms with Gasteiger partial charge in [0, 0.05) is 18.6 Å². The van der Waals surface area contributed by atoms with E-state index >= 15 is 0 Å². The Kier molecular flexibility index (Phi) is 3.23. The normalized spacial score (nSPS) is 10.5. The third kappa shape index (κ3) is 2.53. The van der Waals surface area contributed by atoms with Crippen LogP contribution in [0.15, 0.2) is 59.4 Å². The number of pyridine rings is 1. The first-order valence-corrected chi connectivity index (χ1v) is 6.51. The summed E-state index contributed by atoms with van der Waals surface area (Å²) >= 11 is 0. The quantitative estimate of drug-likeness (QED) is 0.783. The summed E-state index contributed by atoms with van der Waals surface area (Å²) in [4.78, 5) is 28.0. The molecule has 0 spiro atoms. The Labute approximate surface area is 120 Å². The first kappa shape index (κ1) is 13.1. The van der Waals surface area contributed by atoms with Crippen LogP contribution >= 0.6 is 0 Å². The Hall–Kier alpha value is -2.95. The number of hydrogen-bond acceptors (Lipinski definition) is 3. The fourth-order valence-corrected chi connectivity index (χ4v) is 2.19. The maximum Gasteiger partial charge on any atom is 0.260 e. The predicted octanol–water partition coefficient (Wildman–Crippen LogP) is 2.32. The van der Waals surface area contributed by atoms with Crippen LogP contribution in [0, 0.1) is 0 Å². The Balaban J connectivity index is 2.23. The molecule has 0 radical (unpaired) electrons. The minimum atomic E-state index is -0.235. The number of carbonyl (C=O) groups excluding carboxylic acids is 1. The lowest BCUT2D eigenvalue weighted by Gasteiger charge is -2.09. The molecule has 0 unspecified atom stereocenters. The number of benzene rings is 1. The van der Waals surface area contributed by atoms with Crippen LogP contribution in [0.2, 0.25) is 0 Å². The fraction of sp³-hybridized carbons (Fsp3) is 0.0625. The molecule has 21 heavy (non-hydrogen) atoms. The monoisotopic (exact) mass is 279 g/mol. The molecule has 1 aromatic carbocycles. The van der Waals surface area contributed by atoms with E-state index in [1.54, 1.807) is 18.2 Å². The molecular formula is C16H13N3O2. The first-order chi connectivity index (χ1) is 10.1. The number of aromatic nitrogens is 2. The lowest BCUT2D eigenvalue weighted by atomic mass is 10.1. The van der Waals surface area contributed by atoms with Crippen molar-refractivity contribution in [3.8, 4) is 11.3 Å². The number of fused-ring (bicyclic) bond motifs is 1. The number of amides is 1. The zero-order valence-corrected chi connectivity index (χ0v) is 11.4. The van der Waals surface area contributed by atoms with Gasteiger partial charge in [-0.25, -0.2) is 9.38 Å². The van der Waals surface area contributed by atoms with Crippen molar-refractivity contribution in [1.29, 1.82) is 0 Å². The Bertz CT molecular complexity index is 870. The molecule has 3 rings (SSSR count). The molecule has 1 amide bonds. The highest BCUT2D eigenvalue weighted by Crippen LogP contribution is 2.17. The van der Waals surface area contributed by atoms with Crippen molar-refractivity contribution >= 4 is 17.4 Å². The van der Waals surface area contributed by atoms with Crippen LogP contribution in [-0.4, -0.2) is 15.3 Å². The summed E-state index contributed by atoms with van der Waals surface area (Å²) in [5.74, 6) is 0.179. The molecule has 0 atom stereocenters. The molecule has 0 aliphatic heterocycles. The van der Waals surface area contributed by atoms with Gasteiger partial charge in [0.15, 0.2) is 0 Å². The SMILES string of the molecule is CC(=O)Nc1cccc2nc(-c3ccccc3)cc(=O)n12. The van der Waals surface area contributed by atoms with Crippen LogP contribution in [-0.2, 0) is 4.79 Å². The van der Waals surface area contributed by atoms with E-state index in [1.165, 1.54) is 17.4 Å². The highest BCUT2D eigenvalue weighted by molar-refractivity contribution is 5.88. The van der Waals surface area contributed by atoms with Crippen molar-refractivity contribution < 1.29 is 4.79 Å². The number of rotatable bonds is 2. The molecule has 0 bridgehead atoms. The van der Waals surface area contributed by atoms with Gasteiger partial charge in [0.2, 0.25) is 5.91 Å². The van der Waals surface area contributed by atoms with Crippen molar-refractivity contribution in [2.24, 2.45) is 0 Å². The zero-order chi connectivity index (χ0) is 14.8. The first-order valence-electron chi connectivity index (χ1n) is 6.51. The second kappa shape index (κ2) is 5.20. The average Bonchev–Trinajstić information content (AvgIpc) is 2.47. The van der Waals surface area contributed by atoms with Crippen LogP contribution in [0.1, 0.15) is 6.92 Å². The molecule has 0 saturated carbocycles. The van der Waals surface area contributed by atoms with Gasteiger partial charge in [-0.1, -0.05) is 36.4 Å². The zero-order valence-electron chi connectivity index (χ0n) is 11.4. The van der Waals surface area contributed by atoms with Crippen molar-refractivity contribution in [3.63, 3.8) is 0 Å². The van der Waals surface area contributed by atoms with Gasteiger partial charge in [0.1, 0.15) is 11.5 Å². The topological polar surface area (TPSA) is 63.5 Å². The van der Waals surface area contributed by atoms with E-state index in [0.29, 0.717) is 17.2 Å². The largest absolute Gasteiger partial charge is 0.312 e. The van der Waals surface area contributed by atoms with E-state index < -0.39 is 0 Å². The molecule has 2 heterocycles. The van der Waals surface area contributed by atoms with Crippen molar-refractivity contribution in [3.05, 3.63) is 65.0 Å². The third-order valence-corrected chi connectivity index (χ3v) is 3.06. The van der Waals surface area contributed by atoms with Crippen LogP contribution in [0.25, 0.3) is 16.9 Å². The molecule has 0 saturated heterocycles. The average molecular weight is 279 g/mol. The van der Waals surface area contributed by atoms with Crippen molar-refractivity contribution in [2.75, 3.05) is 5.32 Å². The second-order valence-electron chi connectivity index (χ2n) is 4.63. The van der Waals surface area contributed by atoms with Crippen LogP contribution in [0.5, 0.6) is 0 Å². The molecule has 0 fully saturated rings. The fourth-order valence-electron chi connectivity index (χ4n) is 2.19. The Morgan fingerprint density at radius 1 is 1.10 bits per heavy atom. The third-order valence-electron chi connectivity index (χ3n) is 3.06. The van der Waals surface area contributed by atoms with Gasteiger partial charge >= 0.3 is 0 Å². The van der Waals surface area contributed by atoms with Gasteiger partial charge in [-0.2, -0.15) is 0 Å². The summed E-state index contributed by atoms with van der Waals surface area (Å²) in [5.41, 5.74) is 1.75. The van der Waals surface area contributed by atoms with E-state index in [0.717, 1.165) is 5.56 Å².